The average molecular weight is 411 g/mol. The summed E-state index contributed by atoms with van der Waals surface area (Å²) in [5.74, 6) is 0.759. The van der Waals surface area contributed by atoms with Gasteiger partial charge in [0, 0.05) is 11.3 Å². The Labute approximate surface area is 172 Å². The third-order valence-corrected chi connectivity index (χ3v) is 4.92. The monoisotopic (exact) mass is 411 g/mol. The lowest BCUT2D eigenvalue weighted by Gasteiger charge is -2.10. The van der Waals surface area contributed by atoms with Gasteiger partial charge in [0.05, 0.1) is 5.25 Å². The van der Waals surface area contributed by atoms with E-state index in [2.05, 4.69) is 15.5 Å². The highest BCUT2D eigenvalue weighted by Crippen LogP contribution is 2.24. The lowest BCUT2D eigenvalue weighted by Crippen LogP contribution is -2.22. The molecule has 0 radical (unpaired) electrons. The number of benzene rings is 2. The van der Waals surface area contributed by atoms with Crippen molar-refractivity contribution in [1.82, 2.24) is 10.2 Å². The van der Waals surface area contributed by atoms with E-state index in [1.54, 1.807) is 31.2 Å². The number of hydrogen-bond acceptors (Lipinski definition) is 7. The first kappa shape index (κ1) is 20.6. The van der Waals surface area contributed by atoms with Crippen LogP contribution >= 0.6 is 11.8 Å². The van der Waals surface area contributed by atoms with Crippen LogP contribution in [0.3, 0.4) is 0 Å². The molecule has 2 aromatic carbocycles. The highest BCUT2D eigenvalue weighted by molar-refractivity contribution is 8.00. The van der Waals surface area contributed by atoms with Crippen LogP contribution < -0.4 is 10.1 Å². The summed E-state index contributed by atoms with van der Waals surface area (Å²) in [7, 11) is 0. The number of aryl methyl sites for hydroxylation is 1. The summed E-state index contributed by atoms with van der Waals surface area (Å²) in [5, 5.41) is 10.5. The largest absolute Gasteiger partial charge is 0.484 e. The third kappa shape index (κ3) is 5.92. The molecular formula is C21H21N3O4S. The first-order chi connectivity index (χ1) is 13.9. The smallest absolute Gasteiger partial charge is 0.277 e. The molecule has 1 aromatic heterocycles. The molecule has 1 heterocycles. The van der Waals surface area contributed by atoms with Crippen molar-refractivity contribution in [2.24, 2.45) is 0 Å². The molecule has 0 aliphatic rings. The number of thioether (sulfide) groups is 1. The number of nitrogens with one attached hydrogen (secondary N) is 1. The zero-order valence-electron chi connectivity index (χ0n) is 16.3. The number of anilines is 1. The molecule has 1 amide bonds. The molecule has 3 rings (SSSR count). The molecule has 29 heavy (non-hydrogen) atoms. The van der Waals surface area contributed by atoms with Gasteiger partial charge in [-0.1, -0.05) is 36.0 Å². The first-order valence-electron chi connectivity index (χ1n) is 9.01. The Morgan fingerprint density at radius 1 is 1.17 bits per heavy atom. The van der Waals surface area contributed by atoms with Crippen molar-refractivity contribution < 1.29 is 18.7 Å². The van der Waals surface area contributed by atoms with Gasteiger partial charge in [0.1, 0.15) is 5.75 Å². The van der Waals surface area contributed by atoms with Crippen molar-refractivity contribution in [2.45, 2.75) is 37.9 Å². The van der Waals surface area contributed by atoms with Crippen LogP contribution in [0, 0.1) is 6.92 Å². The highest BCUT2D eigenvalue weighted by atomic mass is 32.2. The molecule has 1 atom stereocenters. The van der Waals surface area contributed by atoms with E-state index in [0.29, 0.717) is 17.1 Å². The summed E-state index contributed by atoms with van der Waals surface area (Å²) in [6.07, 6.45) is 0. The number of amides is 1. The summed E-state index contributed by atoms with van der Waals surface area (Å²) >= 11 is 1.15. The van der Waals surface area contributed by atoms with Gasteiger partial charge in [-0.3, -0.25) is 9.59 Å². The van der Waals surface area contributed by atoms with Gasteiger partial charge in [0.25, 0.3) is 11.1 Å². The third-order valence-electron chi connectivity index (χ3n) is 3.98. The Bertz CT molecular complexity index is 1020. The van der Waals surface area contributed by atoms with Gasteiger partial charge in [-0.05, 0) is 50.6 Å². The number of aromatic nitrogens is 2. The molecule has 0 spiro atoms. The Morgan fingerprint density at radius 2 is 1.97 bits per heavy atom. The zero-order valence-corrected chi connectivity index (χ0v) is 17.2. The van der Waals surface area contributed by atoms with Gasteiger partial charge >= 0.3 is 0 Å². The lowest BCUT2D eigenvalue weighted by molar-refractivity contribution is -0.115. The predicted molar refractivity (Wildman–Crippen MR) is 110 cm³/mol. The summed E-state index contributed by atoms with van der Waals surface area (Å²) in [6.45, 7) is 5.35. The summed E-state index contributed by atoms with van der Waals surface area (Å²) in [4.78, 5) is 23.9. The second kappa shape index (κ2) is 9.38. The van der Waals surface area contributed by atoms with Gasteiger partial charge in [-0.15, -0.1) is 10.2 Å². The number of ketones is 1. The van der Waals surface area contributed by atoms with Crippen molar-refractivity contribution in [3.63, 3.8) is 0 Å². The number of carbonyl (C=O) groups excluding carboxylic acids is 2. The second-order valence-corrected chi connectivity index (χ2v) is 7.75. The van der Waals surface area contributed by atoms with Crippen LogP contribution in [0.4, 0.5) is 5.69 Å². The van der Waals surface area contributed by atoms with Gasteiger partial charge in [-0.2, -0.15) is 0 Å². The molecule has 3 aromatic rings. The Balaban J connectivity index is 1.54. The van der Waals surface area contributed by atoms with Gasteiger partial charge in [0.15, 0.2) is 12.4 Å². The molecule has 0 saturated carbocycles. The van der Waals surface area contributed by atoms with Gasteiger partial charge < -0.3 is 14.5 Å². The minimum absolute atomic E-state index is 0.0604. The molecule has 0 bridgehead atoms. The molecule has 8 heteroatoms. The molecule has 0 fully saturated rings. The highest BCUT2D eigenvalue weighted by Gasteiger charge is 2.19. The number of carbonyl (C=O) groups is 2. The predicted octanol–water partition coefficient (Wildman–Crippen LogP) is 4.28. The topological polar surface area (TPSA) is 94.3 Å². The zero-order chi connectivity index (χ0) is 20.8. The van der Waals surface area contributed by atoms with Crippen molar-refractivity contribution in [3.8, 4) is 5.75 Å². The minimum Gasteiger partial charge on any atom is -0.484 e. The number of rotatable bonds is 8. The van der Waals surface area contributed by atoms with E-state index in [9.17, 15) is 9.59 Å². The van der Waals surface area contributed by atoms with Crippen LogP contribution in [0.25, 0.3) is 0 Å². The maximum absolute atomic E-state index is 12.4. The molecule has 150 valence electrons. The molecule has 7 nitrogen and oxygen atoms in total. The quantitative estimate of drug-likeness (QED) is 0.437. The first-order valence-corrected chi connectivity index (χ1v) is 9.89. The van der Waals surface area contributed by atoms with E-state index in [1.807, 2.05) is 31.2 Å². The normalized spacial score (nSPS) is 11.7. The maximum atomic E-state index is 12.4. The molecule has 0 aliphatic carbocycles. The van der Waals surface area contributed by atoms with Crippen LogP contribution in [-0.4, -0.2) is 27.1 Å². The van der Waals surface area contributed by atoms with Crippen molar-refractivity contribution in [3.05, 3.63) is 65.5 Å². The summed E-state index contributed by atoms with van der Waals surface area (Å²) in [6, 6.07) is 14.5. The average Bonchev–Trinajstić information content (AvgIpc) is 3.14. The van der Waals surface area contributed by atoms with E-state index in [0.717, 1.165) is 23.1 Å². The standard InChI is InChI=1S/C21H21N3O4S/c1-13-6-4-9-18(10-13)27-12-19-23-24-21(28-19)29-15(3)20(26)22-17-8-5-7-16(11-17)14(2)25/h4-11,15H,12H2,1-3H3,(H,22,26)/t15-/m0/s1. The van der Waals surface area contributed by atoms with E-state index >= 15 is 0 Å². The number of hydrogen-bond donors (Lipinski definition) is 1. The fraction of sp³-hybridized carbons (Fsp3) is 0.238. The Morgan fingerprint density at radius 3 is 2.72 bits per heavy atom. The van der Waals surface area contributed by atoms with Gasteiger partial charge in [0.2, 0.25) is 5.91 Å². The summed E-state index contributed by atoms with van der Waals surface area (Å²) in [5.41, 5.74) is 2.20. The Kier molecular flexibility index (Phi) is 6.66. The fourth-order valence-corrected chi connectivity index (χ4v) is 3.16. The molecular weight excluding hydrogens is 390 g/mol. The van der Waals surface area contributed by atoms with Gasteiger partial charge in [-0.25, -0.2) is 0 Å². The van der Waals surface area contributed by atoms with Crippen LogP contribution in [0.5, 0.6) is 5.75 Å². The number of nitrogens with zero attached hydrogens (tertiary/aromatic N) is 2. The lowest BCUT2D eigenvalue weighted by atomic mass is 10.1. The minimum atomic E-state index is -0.470. The number of ether oxygens (including phenoxy) is 1. The molecule has 0 saturated heterocycles. The van der Waals surface area contributed by atoms with Crippen LogP contribution in [0.2, 0.25) is 0 Å². The maximum Gasteiger partial charge on any atom is 0.277 e. The van der Waals surface area contributed by atoms with Crippen molar-refractivity contribution >= 4 is 29.1 Å². The van der Waals surface area contributed by atoms with Crippen LogP contribution in [0.1, 0.15) is 35.7 Å². The van der Waals surface area contributed by atoms with Crippen molar-refractivity contribution in [1.29, 1.82) is 0 Å². The molecule has 0 unspecified atom stereocenters. The van der Waals surface area contributed by atoms with Crippen LogP contribution in [-0.2, 0) is 11.4 Å². The van der Waals surface area contributed by atoms with E-state index in [1.165, 1.54) is 6.92 Å². The molecule has 0 aliphatic heterocycles. The molecule has 1 N–H and O–H groups in total. The van der Waals surface area contributed by atoms with E-state index < -0.39 is 5.25 Å². The SMILES string of the molecule is CC(=O)c1cccc(NC(=O)[C@H](C)Sc2nnc(COc3cccc(C)c3)o2)c1. The second-order valence-electron chi connectivity index (χ2n) is 6.45. The fourth-order valence-electron chi connectivity index (χ4n) is 2.46. The van der Waals surface area contributed by atoms with Crippen LogP contribution in [0.15, 0.2) is 58.2 Å². The van der Waals surface area contributed by atoms with E-state index in [4.69, 9.17) is 9.15 Å². The number of Topliss-reactive ketones (excluding diaryl/α,β-unsaturated/α-hetero) is 1. The Hall–Kier alpha value is -3.13. The van der Waals surface area contributed by atoms with Crippen molar-refractivity contribution in [2.75, 3.05) is 5.32 Å². The van der Waals surface area contributed by atoms with E-state index in [-0.39, 0.29) is 23.5 Å². The summed E-state index contributed by atoms with van der Waals surface area (Å²) < 4.78 is 11.2.